The molecule has 3 aliphatic rings. The van der Waals surface area contributed by atoms with Crippen molar-refractivity contribution >= 4 is 100 Å². The minimum atomic E-state index is -1.03. The third-order valence-electron chi connectivity index (χ3n) is 12.2. The van der Waals surface area contributed by atoms with E-state index in [1.54, 1.807) is 32.3 Å². The van der Waals surface area contributed by atoms with E-state index >= 15 is 0 Å². The van der Waals surface area contributed by atoms with Crippen LogP contribution >= 0.6 is 65.3 Å². The highest BCUT2D eigenvalue weighted by molar-refractivity contribution is 7.59. The van der Waals surface area contributed by atoms with Gasteiger partial charge in [0.2, 0.25) is 5.91 Å². The summed E-state index contributed by atoms with van der Waals surface area (Å²) >= 11 is 1.43. The number of amides is 4. The summed E-state index contributed by atoms with van der Waals surface area (Å²) in [5, 5.41) is 8.20. The van der Waals surface area contributed by atoms with Crippen LogP contribution in [0, 0.1) is 11.3 Å². The van der Waals surface area contributed by atoms with E-state index in [0.717, 1.165) is 57.5 Å². The van der Waals surface area contributed by atoms with Gasteiger partial charge in [-0.25, -0.2) is 15.2 Å². The molecule has 14 nitrogen and oxygen atoms in total. The van der Waals surface area contributed by atoms with Gasteiger partial charge in [0.15, 0.2) is 0 Å². The molecule has 2 N–H and O–H groups in total. The molecule has 3 aromatic heterocycles. The van der Waals surface area contributed by atoms with Gasteiger partial charge in [0, 0.05) is 85.8 Å². The zero-order chi connectivity index (χ0) is 43.0. The van der Waals surface area contributed by atoms with Gasteiger partial charge in [0.25, 0.3) is 5.91 Å². The molecular formula is C45H68N8O6S5. The van der Waals surface area contributed by atoms with Crippen LogP contribution in [-0.2, 0) is 43.2 Å². The van der Waals surface area contributed by atoms with Crippen molar-refractivity contribution in [3.8, 4) is 22.5 Å². The Morgan fingerprint density at radius 1 is 1.08 bits per heavy atom. The van der Waals surface area contributed by atoms with E-state index in [1.807, 2.05) is 32.2 Å². The Labute approximate surface area is 409 Å². The molecule has 2 aliphatic heterocycles. The van der Waals surface area contributed by atoms with E-state index in [4.69, 9.17) is 19.4 Å². The van der Waals surface area contributed by atoms with Crippen LogP contribution in [0.1, 0.15) is 89.6 Å². The summed E-state index contributed by atoms with van der Waals surface area (Å²) in [5.41, 5.74) is 9.40. The van der Waals surface area contributed by atoms with Crippen LogP contribution in [0.25, 0.3) is 33.4 Å². The Kier molecular flexibility index (Phi) is 19.6. The second kappa shape index (κ2) is 22.8. The quantitative estimate of drug-likeness (QED) is 0.172. The number of carbonyl (C=O) groups is 4. The van der Waals surface area contributed by atoms with Gasteiger partial charge >= 0.3 is 12.0 Å². The van der Waals surface area contributed by atoms with Gasteiger partial charge in [-0.3, -0.25) is 24.4 Å². The molecule has 1 aliphatic carbocycles. The van der Waals surface area contributed by atoms with Gasteiger partial charge in [-0.1, -0.05) is 33.8 Å². The van der Waals surface area contributed by atoms with Crippen LogP contribution < -0.4 is 10.7 Å². The molecule has 2 fully saturated rings. The molecule has 7 rings (SSSR count). The lowest BCUT2D eigenvalue weighted by atomic mass is 9.84. The second-order valence-electron chi connectivity index (χ2n) is 17.7. The first-order valence-corrected chi connectivity index (χ1v) is 22.1. The van der Waals surface area contributed by atoms with Crippen molar-refractivity contribution in [3.05, 3.63) is 58.2 Å². The summed E-state index contributed by atoms with van der Waals surface area (Å²) in [6.45, 7) is 13.3. The lowest BCUT2D eigenvalue weighted by molar-refractivity contribution is -0.155. The fourth-order valence-corrected chi connectivity index (χ4v) is 9.58. The maximum atomic E-state index is 14.5. The molecule has 64 heavy (non-hydrogen) atoms. The number of aryl methyl sites for hydroxylation is 1. The van der Waals surface area contributed by atoms with Crippen molar-refractivity contribution in [3.63, 3.8) is 0 Å². The zero-order valence-electron chi connectivity index (χ0n) is 38.4. The normalized spacial score (nSPS) is 19.4. The van der Waals surface area contributed by atoms with E-state index in [1.165, 1.54) is 21.2 Å². The predicted molar refractivity (Wildman–Crippen MR) is 273 cm³/mol. The number of hydrogen-bond donors (Lipinski definition) is 2. The minimum Gasteiger partial charge on any atom is -0.464 e. The van der Waals surface area contributed by atoms with Crippen LogP contribution in [-0.4, -0.2) is 112 Å². The van der Waals surface area contributed by atoms with Crippen molar-refractivity contribution in [2.24, 2.45) is 11.3 Å². The molecule has 6 bridgehead atoms. The van der Waals surface area contributed by atoms with Crippen LogP contribution in [0.2, 0.25) is 0 Å². The molecule has 1 saturated heterocycles. The highest BCUT2D eigenvalue weighted by Crippen LogP contribution is 2.42. The number of aromatic nitrogens is 3. The Morgan fingerprint density at radius 2 is 1.80 bits per heavy atom. The number of nitrogens with zero attached hydrogens (tertiary/aromatic N) is 6. The SMILES string of the molecule is CCn1c(-c2cccnc2[C@H](C)OC)c2c3cc(ccc31)-c1csc(n1)C[C@H](NC(=O)[C@H](C(C)C)N(C)C(=O)N(C)C1CC1)C(=O)N1CCC[C@H](N1)C(=O)OCC(C)(C)C2.S.S.S.S. The van der Waals surface area contributed by atoms with E-state index in [-0.39, 0.29) is 97.0 Å². The first-order chi connectivity index (χ1) is 28.6. The second-order valence-corrected chi connectivity index (χ2v) is 18.6. The van der Waals surface area contributed by atoms with Gasteiger partial charge < -0.3 is 29.2 Å². The fraction of sp³-hybridized carbons (Fsp3) is 0.556. The van der Waals surface area contributed by atoms with Crippen LogP contribution in [0.3, 0.4) is 0 Å². The van der Waals surface area contributed by atoms with Gasteiger partial charge in [-0.05, 0) is 81.7 Å². The molecule has 4 amide bonds. The Bertz CT molecular complexity index is 2260. The molecule has 5 heterocycles. The molecule has 354 valence electrons. The maximum Gasteiger partial charge on any atom is 0.324 e. The molecule has 1 aromatic carbocycles. The van der Waals surface area contributed by atoms with E-state index < -0.39 is 35.4 Å². The average molecular weight is 977 g/mol. The van der Waals surface area contributed by atoms with Gasteiger partial charge in [-0.2, -0.15) is 54.0 Å². The molecule has 0 radical (unpaired) electrons. The number of fused-ring (bicyclic) bond motifs is 6. The summed E-state index contributed by atoms with van der Waals surface area (Å²) in [6, 6.07) is 7.79. The topological polar surface area (TPSA) is 151 Å². The highest BCUT2D eigenvalue weighted by atomic mass is 32.1. The summed E-state index contributed by atoms with van der Waals surface area (Å²) in [6.07, 6.45) is 5.21. The number of carbonyl (C=O) groups excluding carboxylic acids is 4. The number of thiazole rings is 1. The van der Waals surface area contributed by atoms with Crippen molar-refractivity contribution in [1.82, 2.24) is 40.1 Å². The van der Waals surface area contributed by atoms with E-state index in [9.17, 15) is 19.2 Å². The number of urea groups is 1. The minimum absolute atomic E-state index is 0. The number of methoxy groups -OCH3 is 1. The monoisotopic (exact) mass is 976 g/mol. The molecule has 4 aromatic rings. The first-order valence-electron chi connectivity index (χ1n) is 21.2. The lowest BCUT2D eigenvalue weighted by Crippen LogP contribution is -2.62. The number of nitrogens with one attached hydrogen (secondary N) is 2. The number of benzene rings is 1. The van der Waals surface area contributed by atoms with Gasteiger partial charge in [0.05, 0.1) is 34.8 Å². The molecule has 4 atom stereocenters. The number of cyclic esters (lactones) is 1. The number of hydrazine groups is 1. The summed E-state index contributed by atoms with van der Waals surface area (Å²) in [5.74, 6) is -1.49. The molecule has 1 saturated carbocycles. The van der Waals surface area contributed by atoms with Gasteiger partial charge in [0.1, 0.15) is 18.1 Å². The van der Waals surface area contributed by atoms with Gasteiger partial charge in [-0.15, -0.1) is 11.3 Å². The van der Waals surface area contributed by atoms with Crippen LogP contribution in [0.15, 0.2) is 41.9 Å². The third kappa shape index (κ3) is 11.6. The van der Waals surface area contributed by atoms with Crippen LogP contribution in [0.4, 0.5) is 4.79 Å². The summed E-state index contributed by atoms with van der Waals surface area (Å²) in [7, 11) is 5.10. The Hall–Kier alpha value is -3.46. The molecule has 19 heteroatoms. The standard InChI is InChI=1S/C45H60N8O6S.4H2S/c1-10-52-36-18-15-28-21-31(36)32(40(52)30-13-11-19-46-38(30)27(4)58-9)23-45(5,6)25-59-43(56)33-14-12-20-53(49-33)42(55)34(22-37-47-35(28)24-60-37)48-41(54)39(26(2)3)51(8)44(57)50(7)29-16-17-29;;;;/h11,13,15,18-19,21,24,26-27,29,33-34,39,49H,10,12,14,16-17,20,22-23,25H2,1-9H3,(H,48,54);4*1H2/t27-,33-,34-,39-;;;;/m0..../s1. The smallest absolute Gasteiger partial charge is 0.324 e. The number of ether oxygens (including phenoxy) is 2. The number of esters is 1. The van der Waals surface area contributed by atoms with E-state index in [2.05, 4.69) is 60.3 Å². The fourth-order valence-electron chi connectivity index (χ4n) is 8.73. The van der Waals surface area contributed by atoms with Crippen molar-refractivity contribution in [2.75, 3.05) is 34.4 Å². The predicted octanol–water partition coefficient (Wildman–Crippen LogP) is 6.82. The average Bonchev–Trinajstić information content (AvgIpc) is 3.92. The molecule has 0 spiro atoms. The third-order valence-corrected chi connectivity index (χ3v) is 13.0. The van der Waals surface area contributed by atoms with Crippen molar-refractivity contribution in [1.29, 1.82) is 0 Å². The lowest BCUT2D eigenvalue weighted by Gasteiger charge is -2.37. The molecular weight excluding hydrogens is 909 g/mol. The Morgan fingerprint density at radius 3 is 2.45 bits per heavy atom. The van der Waals surface area contributed by atoms with Crippen LogP contribution in [0.5, 0.6) is 0 Å². The first kappa shape index (κ1) is 54.9. The summed E-state index contributed by atoms with van der Waals surface area (Å²) < 4.78 is 14.2. The highest BCUT2D eigenvalue weighted by Gasteiger charge is 2.40. The number of hydrogen-bond acceptors (Lipinski definition) is 10. The molecule has 0 unspecified atom stereocenters. The zero-order valence-corrected chi connectivity index (χ0v) is 43.2. The number of rotatable bonds is 9. The maximum absolute atomic E-state index is 14.5. The summed E-state index contributed by atoms with van der Waals surface area (Å²) in [4.78, 5) is 69.0. The van der Waals surface area contributed by atoms with Crippen molar-refractivity contribution in [2.45, 2.75) is 117 Å². The van der Waals surface area contributed by atoms with E-state index in [0.29, 0.717) is 37.4 Å². The largest absolute Gasteiger partial charge is 0.464 e. The van der Waals surface area contributed by atoms with Crippen molar-refractivity contribution < 1.29 is 28.7 Å². The number of likely N-dealkylation sites (N-methyl/N-ethyl adjacent to an activating group) is 1. The number of pyridine rings is 1. The Balaban J connectivity index is 0.00000272.